The number of carboxylic acid groups (broad SMARTS) is 1. The van der Waals surface area contributed by atoms with Crippen molar-refractivity contribution in [1.82, 2.24) is 19.7 Å². The maximum Gasteiger partial charge on any atom is 0.337 e. The summed E-state index contributed by atoms with van der Waals surface area (Å²) in [4.78, 5) is 18.8. The summed E-state index contributed by atoms with van der Waals surface area (Å²) in [6, 6.07) is 3.09. The fourth-order valence-electron chi connectivity index (χ4n) is 1.38. The highest BCUT2D eigenvalue weighted by Gasteiger charge is 2.07. The van der Waals surface area contributed by atoms with Crippen LogP contribution < -0.4 is 0 Å². The van der Waals surface area contributed by atoms with Crippen molar-refractivity contribution in [2.75, 3.05) is 0 Å². The van der Waals surface area contributed by atoms with E-state index in [-0.39, 0.29) is 5.56 Å². The van der Waals surface area contributed by atoms with E-state index in [1.807, 2.05) is 6.92 Å². The molecule has 0 fully saturated rings. The number of aryl methyl sites for hydroxylation is 2. The molecule has 0 saturated heterocycles. The molecule has 0 bridgehead atoms. The molecular formula is C10H10N4O2. The molecule has 0 radical (unpaired) electrons. The average molecular weight is 218 g/mol. The number of hydrogen-bond donors (Lipinski definition) is 1. The zero-order chi connectivity index (χ0) is 11.7. The molecular weight excluding hydrogens is 208 g/mol. The van der Waals surface area contributed by atoms with Crippen LogP contribution >= 0.6 is 0 Å². The molecule has 16 heavy (non-hydrogen) atoms. The zero-order valence-electron chi connectivity index (χ0n) is 8.88. The van der Waals surface area contributed by atoms with Gasteiger partial charge in [-0.3, -0.25) is 0 Å². The monoisotopic (exact) mass is 218 g/mol. The van der Waals surface area contributed by atoms with Crippen molar-refractivity contribution < 1.29 is 9.90 Å². The maximum absolute atomic E-state index is 10.6. The van der Waals surface area contributed by atoms with Crippen LogP contribution in [-0.2, 0) is 0 Å². The fourth-order valence-corrected chi connectivity index (χ4v) is 1.38. The molecule has 0 spiro atoms. The number of carbonyl (C=O) groups is 1. The Labute approximate surface area is 91.6 Å². The van der Waals surface area contributed by atoms with Crippen LogP contribution in [-0.4, -0.2) is 30.8 Å². The lowest BCUT2D eigenvalue weighted by Gasteiger charge is -2.01. The molecule has 0 aliphatic rings. The molecule has 82 valence electrons. The van der Waals surface area contributed by atoms with Crippen molar-refractivity contribution in [3.8, 4) is 5.82 Å². The highest BCUT2D eigenvalue weighted by molar-refractivity contribution is 5.87. The highest BCUT2D eigenvalue weighted by Crippen LogP contribution is 2.07. The number of rotatable bonds is 2. The Hall–Kier alpha value is -2.24. The first-order valence-corrected chi connectivity index (χ1v) is 4.68. The van der Waals surface area contributed by atoms with Crippen molar-refractivity contribution >= 4 is 5.97 Å². The predicted octanol–water partition coefficient (Wildman–Crippen LogP) is 0.977. The normalized spacial score (nSPS) is 10.4. The van der Waals surface area contributed by atoms with E-state index in [4.69, 9.17) is 5.11 Å². The molecule has 2 rings (SSSR count). The predicted molar refractivity (Wildman–Crippen MR) is 55.6 cm³/mol. The molecule has 0 amide bonds. The van der Waals surface area contributed by atoms with Gasteiger partial charge in [0.1, 0.15) is 11.6 Å². The number of hydrogen-bond acceptors (Lipinski definition) is 4. The Morgan fingerprint density at radius 2 is 2.12 bits per heavy atom. The van der Waals surface area contributed by atoms with E-state index in [0.717, 1.165) is 0 Å². The molecule has 2 aromatic rings. The van der Waals surface area contributed by atoms with Crippen LogP contribution in [0.1, 0.15) is 22.0 Å². The van der Waals surface area contributed by atoms with Crippen LogP contribution in [0.15, 0.2) is 18.3 Å². The first-order chi connectivity index (χ1) is 7.58. The Kier molecular flexibility index (Phi) is 2.40. The van der Waals surface area contributed by atoms with Crippen LogP contribution in [0.2, 0.25) is 0 Å². The van der Waals surface area contributed by atoms with Crippen molar-refractivity contribution in [1.29, 1.82) is 0 Å². The topological polar surface area (TPSA) is 80.9 Å². The first kappa shape index (κ1) is 10.3. The SMILES string of the molecule is Cc1nc(C)n(-c2ccc(C(=O)O)cn2)n1. The minimum Gasteiger partial charge on any atom is -0.478 e. The van der Waals surface area contributed by atoms with E-state index in [1.54, 1.807) is 17.7 Å². The lowest BCUT2D eigenvalue weighted by molar-refractivity contribution is 0.0696. The van der Waals surface area contributed by atoms with Gasteiger partial charge >= 0.3 is 5.97 Å². The lowest BCUT2D eigenvalue weighted by atomic mass is 10.3. The van der Waals surface area contributed by atoms with E-state index in [1.165, 1.54) is 12.3 Å². The standard InChI is InChI=1S/C10H10N4O2/c1-6-12-7(2)14(13-6)9-4-3-8(5-11-9)10(15)16/h3-5H,1-2H3,(H,15,16). The molecule has 2 heterocycles. The summed E-state index contributed by atoms with van der Waals surface area (Å²) in [7, 11) is 0. The number of nitrogens with zero attached hydrogens (tertiary/aromatic N) is 4. The summed E-state index contributed by atoms with van der Waals surface area (Å²) in [6.45, 7) is 3.60. The summed E-state index contributed by atoms with van der Waals surface area (Å²) in [5, 5.41) is 12.9. The summed E-state index contributed by atoms with van der Waals surface area (Å²) >= 11 is 0. The summed E-state index contributed by atoms with van der Waals surface area (Å²) in [6.07, 6.45) is 1.30. The summed E-state index contributed by atoms with van der Waals surface area (Å²) in [5.41, 5.74) is 0.151. The fraction of sp³-hybridized carbons (Fsp3) is 0.200. The maximum atomic E-state index is 10.6. The van der Waals surface area contributed by atoms with E-state index >= 15 is 0 Å². The highest BCUT2D eigenvalue weighted by atomic mass is 16.4. The van der Waals surface area contributed by atoms with E-state index in [2.05, 4.69) is 15.1 Å². The molecule has 0 atom stereocenters. The molecule has 2 aromatic heterocycles. The largest absolute Gasteiger partial charge is 0.478 e. The second kappa shape index (κ2) is 3.73. The number of aromatic carboxylic acids is 1. The molecule has 6 nitrogen and oxygen atoms in total. The Balaban J connectivity index is 2.42. The van der Waals surface area contributed by atoms with Gasteiger partial charge in [0.15, 0.2) is 5.82 Å². The summed E-state index contributed by atoms with van der Waals surface area (Å²) in [5.74, 6) is 0.934. The number of aromatic nitrogens is 4. The molecule has 0 aliphatic heterocycles. The summed E-state index contributed by atoms with van der Waals surface area (Å²) < 4.78 is 1.57. The number of pyridine rings is 1. The average Bonchev–Trinajstić information content (AvgIpc) is 2.58. The Bertz CT molecular complexity index is 530. The van der Waals surface area contributed by atoms with E-state index in [0.29, 0.717) is 17.5 Å². The van der Waals surface area contributed by atoms with Gasteiger partial charge in [0.2, 0.25) is 0 Å². The molecule has 0 aliphatic carbocycles. The van der Waals surface area contributed by atoms with Crippen LogP contribution in [0.4, 0.5) is 0 Å². The molecule has 0 unspecified atom stereocenters. The van der Waals surface area contributed by atoms with Gasteiger partial charge in [-0.1, -0.05) is 0 Å². The van der Waals surface area contributed by atoms with Gasteiger partial charge in [0, 0.05) is 6.20 Å². The van der Waals surface area contributed by atoms with Gasteiger partial charge in [-0.25, -0.2) is 14.8 Å². The third-order valence-corrected chi connectivity index (χ3v) is 2.09. The smallest absolute Gasteiger partial charge is 0.337 e. The Morgan fingerprint density at radius 1 is 1.38 bits per heavy atom. The van der Waals surface area contributed by atoms with Gasteiger partial charge in [-0.2, -0.15) is 4.68 Å². The molecule has 1 N–H and O–H groups in total. The van der Waals surface area contributed by atoms with Gasteiger partial charge < -0.3 is 5.11 Å². The van der Waals surface area contributed by atoms with Crippen LogP contribution in [0.5, 0.6) is 0 Å². The Morgan fingerprint density at radius 3 is 2.56 bits per heavy atom. The molecule has 0 aromatic carbocycles. The minimum absolute atomic E-state index is 0.151. The van der Waals surface area contributed by atoms with Crippen LogP contribution in [0.3, 0.4) is 0 Å². The van der Waals surface area contributed by atoms with E-state index in [9.17, 15) is 4.79 Å². The first-order valence-electron chi connectivity index (χ1n) is 4.68. The number of carboxylic acids is 1. The van der Waals surface area contributed by atoms with Crippen molar-refractivity contribution in [2.24, 2.45) is 0 Å². The lowest BCUT2D eigenvalue weighted by Crippen LogP contribution is -2.04. The second-order valence-corrected chi connectivity index (χ2v) is 3.33. The minimum atomic E-state index is -0.995. The quantitative estimate of drug-likeness (QED) is 0.812. The zero-order valence-corrected chi connectivity index (χ0v) is 8.88. The molecule has 0 saturated carbocycles. The second-order valence-electron chi connectivity index (χ2n) is 3.33. The van der Waals surface area contributed by atoms with Gasteiger partial charge in [-0.15, -0.1) is 5.10 Å². The third-order valence-electron chi connectivity index (χ3n) is 2.09. The van der Waals surface area contributed by atoms with Crippen LogP contribution in [0, 0.1) is 13.8 Å². The third kappa shape index (κ3) is 1.77. The van der Waals surface area contributed by atoms with Crippen molar-refractivity contribution in [3.63, 3.8) is 0 Å². The van der Waals surface area contributed by atoms with Crippen molar-refractivity contribution in [2.45, 2.75) is 13.8 Å². The van der Waals surface area contributed by atoms with Gasteiger partial charge in [0.25, 0.3) is 0 Å². The van der Waals surface area contributed by atoms with Gasteiger partial charge in [0.05, 0.1) is 5.56 Å². The molecule has 6 heteroatoms. The van der Waals surface area contributed by atoms with Crippen LogP contribution in [0.25, 0.3) is 5.82 Å². The van der Waals surface area contributed by atoms with Gasteiger partial charge in [-0.05, 0) is 26.0 Å². The van der Waals surface area contributed by atoms with E-state index < -0.39 is 5.97 Å². The van der Waals surface area contributed by atoms with Crippen molar-refractivity contribution in [3.05, 3.63) is 35.5 Å².